The summed E-state index contributed by atoms with van der Waals surface area (Å²) in [5.41, 5.74) is 0. The quantitative estimate of drug-likeness (QED) is 0.0261. The van der Waals surface area contributed by atoms with Crippen LogP contribution in [0.2, 0.25) is 0 Å². The van der Waals surface area contributed by atoms with Crippen LogP contribution in [0, 0.1) is 0 Å². The van der Waals surface area contributed by atoms with Gasteiger partial charge in [0.1, 0.15) is 13.2 Å². The Morgan fingerprint density at radius 1 is 0.260 bits per heavy atom. The SMILES string of the molecule is CCCCCCC/C=C\C/C=C\C/C=C\CCCCCCCCCCC(=O)OC(COC(=O)CCCCCCCCCCCCCC)COC(=O)CCCCCCCCCCCCCCCCCCCCCCCCCC. The molecule has 0 fully saturated rings. The van der Waals surface area contributed by atoms with Gasteiger partial charge in [-0.25, -0.2) is 0 Å². The first-order valence-corrected chi connectivity index (χ1v) is 34.5. The summed E-state index contributed by atoms with van der Waals surface area (Å²) in [5.74, 6) is -0.849. The zero-order valence-electron chi connectivity index (χ0n) is 52.0. The molecular weight excluding hydrogens is 949 g/mol. The summed E-state index contributed by atoms with van der Waals surface area (Å²) in [6.07, 6.45) is 81.7. The lowest BCUT2D eigenvalue weighted by atomic mass is 10.0. The fourth-order valence-corrected chi connectivity index (χ4v) is 10.5. The van der Waals surface area contributed by atoms with E-state index in [2.05, 4.69) is 57.2 Å². The Balaban J connectivity index is 4.24. The second kappa shape index (κ2) is 66.1. The monoisotopic (exact) mass is 1080 g/mol. The molecule has 0 saturated carbocycles. The van der Waals surface area contributed by atoms with Gasteiger partial charge < -0.3 is 14.2 Å². The van der Waals surface area contributed by atoms with Crippen molar-refractivity contribution in [1.29, 1.82) is 0 Å². The summed E-state index contributed by atoms with van der Waals surface area (Å²) < 4.78 is 17.0. The molecule has 0 aliphatic heterocycles. The number of unbranched alkanes of at least 4 members (excludes halogenated alkanes) is 47. The lowest BCUT2D eigenvalue weighted by Gasteiger charge is -2.18. The molecule has 0 saturated heterocycles. The normalized spacial score (nSPS) is 12.2. The lowest BCUT2D eigenvalue weighted by molar-refractivity contribution is -0.167. The van der Waals surface area contributed by atoms with Crippen LogP contribution in [0.4, 0.5) is 0 Å². The first kappa shape index (κ1) is 74.6. The summed E-state index contributed by atoms with van der Waals surface area (Å²) in [4.78, 5) is 38.4. The number of carbonyl (C=O) groups is 3. The van der Waals surface area contributed by atoms with Crippen LogP contribution in [0.15, 0.2) is 36.5 Å². The van der Waals surface area contributed by atoms with Gasteiger partial charge in [-0.15, -0.1) is 0 Å². The zero-order chi connectivity index (χ0) is 55.7. The van der Waals surface area contributed by atoms with E-state index in [9.17, 15) is 14.4 Å². The second-order valence-corrected chi connectivity index (χ2v) is 23.5. The molecule has 0 N–H and O–H groups in total. The molecule has 0 aromatic rings. The van der Waals surface area contributed by atoms with Crippen molar-refractivity contribution >= 4 is 17.9 Å². The fourth-order valence-electron chi connectivity index (χ4n) is 10.5. The van der Waals surface area contributed by atoms with Gasteiger partial charge in [0.15, 0.2) is 6.10 Å². The second-order valence-electron chi connectivity index (χ2n) is 23.5. The Kier molecular flexibility index (Phi) is 64.1. The topological polar surface area (TPSA) is 78.9 Å². The van der Waals surface area contributed by atoms with E-state index in [0.29, 0.717) is 19.3 Å². The molecule has 0 spiro atoms. The molecule has 1 unspecified atom stereocenters. The third-order valence-electron chi connectivity index (χ3n) is 15.6. The highest BCUT2D eigenvalue weighted by Crippen LogP contribution is 2.18. The molecule has 0 aromatic heterocycles. The van der Waals surface area contributed by atoms with Crippen LogP contribution in [0.1, 0.15) is 380 Å². The number of allylic oxidation sites excluding steroid dienone is 6. The maximum Gasteiger partial charge on any atom is 0.306 e. The van der Waals surface area contributed by atoms with Gasteiger partial charge in [-0.1, -0.05) is 340 Å². The standard InChI is InChI=1S/C71H132O6/c1-4-7-10-13-16-19-22-25-27-29-31-33-35-37-38-40-42-44-46-49-52-55-58-61-64-70(73)76-67-68(66-75-69(72)63-60-57-54-51-48-24-21-18-15-12-9-6-3)77-71(74)65-62-59-56-53-50-47-45-43-41-39-36-34-32-30-28-26-23-20-17-14-11-8-5-2/h23,26,30,32,36,39,68H,4-22,24-25,27-29,31,33-35,37-38,40-67H2,1-3H3/b26-23-,32-30-,39-36-. The van der Waals surface area contributed by atoms with Gasteiger partial charge in [0.05, 0.1) is 0 Å². The molecule has 452 valence electrons. The molecule has 0 heterocycles. The number of esters is 3. The van der Waals surface area contributed by atoms with E-state index in [4.69, 9.17) is 14.2 Å². The number of hydrogen-bond donors (Lipinski definition) is 0. The largest absolute Gasteiger partial charge is 0.462 e. The van der Waals surface area contributed by atoms with Crippen LogP contribution in [0.25, 0.3) is 0 Å². The molecule has 0 aliphatic carbocycles. The predicted molar refractivity (Wildman–Crippen MR) is 335 cm³/mol. The van der Waals surface area contributed by atoms with Crippen molar-refractivity contribution in [2.24, 2.45) is 0 Å². The molecule has 0 radical (unpaired) electrons. The van der Waals surface area contributed by atoms with E-state index in [1.54, 1.807) is 0 Å². The van der Waals surface area contributed by atoms with Gasteiger partial charge in [0.2, 0.25) is 0 Å². The van der Waals surface area contributed by atoms with E-state index >= 15 is 0 Å². The maximum absolute atomic E-state index is 12.9. The molecular formula is C71H132O6. The van der Waals surface area contributed by atoms with Crippen LogP contribution in [0.5, 0.6) is 0 Å². The summed E-state index contributed by atoms with van der Waals surface area (Å²) in [5, 5.41) is 0. The molecule has 6 nitrogen and oxygen atoms in total. The van der Waals surface area contributed by atoms with Gasteiger partial charge in [0.25, 0.3) is 0 Å². The minimum Gasteiger partial charge on any atom is -0.462 e. The van der Waals surface area contributed by atoms with Crippen LogP contribution in [0.3, 0.4) is 0 Å². The molecule has 1 atom stereocenters. The van der Waals surface area contributed by atoms with Crippen molar-refractivity contribution in [3.63, 3.8) is 0 Å². The molecule has 0 aromatic carbocycles. The number of ether oxygens (including phenoxy) is 3. The van der Waals surface area contributed by atoms with Crippen LogP contribution < -0.4 is 0 Å². The number of carbonyl (C=O) groups excluding carboxylic acids is 3. The minimum absolute atomic E-state index is 0.0695. The maximum atomic E-state index is 12.9. The molecule has 77 heavy (non-hydrogen) atoms. The highest BCUT2D eigenvalue weighted by Gasteiger charge is 2.19. The van der Waals surface area contributed by atoms with Gasteiger partial charge in [-0.3, -0.25) is 14.4 Å². The summed E-state index contributed by atoms with van der Waals surface area (Å²) in [6.45, 7) is 6.69. The molecule has 0 aliphatic rings. The molecule has 0 rings (SSSR count). The minimum atomic E-state index is -0.773. The first-order chi connectivity index (χ1) is 38.0. The highest BCUT2D eigenvalue weighted by molar-refractivity contribution is 5.71. The average Bonchev–Trinajstić information content (AvgIpc) is 3.43. The van der Waals surface area contributed by atoms with E-state index < -0.39 is 6.10 Å². The van der Waals surface area contributed by atoms with Crippen molar-refractivity contribution in [3.8, 4) is 0 Å². The Morgan fingerprint density at radius 3 is 0.727 bits per heavy atom. The van der Waals surface area contributed by atoms with Gasteiger partial charge in [-0.2, -0.15) is 0 Å². The zero-order valence-corrected chi connectivity index (χ0v) is 52.0. The van der Waals surface area contributed by atoms with Crippen LogP contribution in [-0.2, 0) is 28.6 Å². The Labute approximate surface area is 480 Å². The third-order valence-corrected chi connectivity index (χ3v) is 15.6. The van der Waals surface area contributed by atoms with Crippen molar-refractivity contribution in [1.82, 2.24) is 0 Å². The molecule has 0 bridgehead atoms. The van der Waals surface area contributed by atoms with E-state index in [0.717, 1.165) is 77.0 Å². The van der Waals surface area contributed by atoms with Gasteiger partial charge >= 0.3 is 17.9 Å². The molecule has 0 amide bonds. The van der Waals surface area contributed by atoms with E-state index in [1.165, 1.54) is 263 Å². The Hall–Kier alpha value is -2.37. The van der Waals surface area contributed by atoms with E-state index in [1.807, 2.05) is 0 Å². The van der Waals surface area contributed by atoms with Gasteiger partial charge in [-0.05, 0) is 57.8 Å². The first-order valence-electron chi connectivity index (χ1n) is 34.5. The fraction of sp³-hybridized carbons (Fsp3) is 0.873. The number of hydrogen-bond acceptors (Lipinski definition) is 6. The highest BCUT2D eigenvalue weighted by atomic mass is 16.6. The third kappa shape index (κ3) is 64.3. The van der Waals surface area contributed by atoms with Crippen molar-refractivity contribution < 1.29 is 28.6 Å². The average molecular weight is 1080 g/mol. The van der Waals surface area contributed by atoms with Crippen molar-refractivity contribution in [3.05, 3.63) is 36.5 Å². The summed E-state index contributed by atoms with van der Waals surface area (Å²) >= 11 is 0. The lowest BCUT2D eigenvalue weighted by Crippen LogP contribution is -2.30. The summed E-state index contributed by atoms with van der Waals surface area (Å²) in [6, 6.07) is 0. The van der Waals surface area contributed by atoms with Gasteiger partial charge in [0, 0.05) is 19.3 Å². The number of rotatable bonds is 64. The van der Waals surface area contributed by atoms with Crippen LogP contribution in [-0.4, -0.2) is 37.2 Å². The molecule has 6 heteroatoms. The Morgan fingerprint density at radius 2 is 0.468 bits per heavy atom. The Bertz CT molecular complexity index is 1290. The predicted octanol–water partition coefficient (Wildman–Crippen LogP) is 23.6. The van der Waals surface area contributed by atoms with E-state index in [-0.39, 0.29) is 31.1 Å². The van der Waals surface area contributed by atoms with Crippen LogP contribution >= 0.6 is 0 Å². The van der Waals surface area contributed by atoms with Crippen molar-refractivity contribution in [2.45, 2.75) is 386 Å². The smallest absolute Gasteiger partial charge is 0.306 e. The summed E-state index contributed by atoms with van der Waals surface area (Å²) in [7, 11) is 0. The van der Waals surface area contributed by atoms with Crippen molar-refractivity contribution in [2.75, 3.05) is 13.2 Å².